The van der Waals surface area contributed by atoms with E-state index in [1.807, 2.05) is 12.1 Å². The summed E-state index contributed by atoms with van der Waals surface area (Å²) in [6, 6.07) is 10.7. The topological polar surface area (TPSA) is 27.1 Å². The van der Waals surface area contributed by atoms with Crippen LogP contribution < -0.4 is 4.74 Å². The molecule has 21 heavy (non-hydrogen) atoms. The Bertz CT molecular complexity index is 745. The second-order valence-corrected chi connectivity index (χ2v) is 5.60. The monoisotopic (exact) mass is 280 g/mol. The molecule has 0 fully saturated rings. The summed E-state index contributed by atoms with van der Waals surface area (Å²) in [5.41, 5.74) is 3.82. The van der Waals surface area contributed by atoms with Gasteiger partial charge in [-0.1, -0.05) is 18.2 Å². The third-order valence-corrected chi connectivity index (χ3v) is 3.72. The van der Waals surface area contributed by atoms with E-state index in [-0.39, 0.29) is 0 Å². The van der Waals surface area contributed by atoms with Crippen molar-refractivity contribution in [1.82, 2.24) is 9.55 Å². The largest absolute Gasteiger partial charge is 0.487 e. The molecular formula is C18H20N2O. The number of aromatic nitrogens is 2. The van der Waals surface area contributed by atoms with Gasteiger partial charge in [-0.15, -0.1) is 0 Å². The molecule has 0 N–H and O–H groups in total. The SMILES string of the molecule is Cc1cccc2c(COc3cccnc3)cn(C(C)C)c12. The van der Waals surface area contributed by atoms with Crippen LogP contribution in [-0.4, -0.2) is 9.55 Å². The quantitative estimate of drug-likeness (QED) is 0.703. The first kappa shape index (κ1) is 13.7. The van der Waals surface area contributed by atoms with Crippen molar-refractivity contribution in [3.63, 3.8) is 0 Å². The van der Waals surface area contributed by atoms with E-state index in [2.05, 4.69) is 54.7 Å². The molecule has 0 unspecified atom stereocenters. The Morgan fingerprint density at radius 1 is 1.19 bits per heavy atom. The second kappa shape index (κ2) is 5.60. The van der Waals surface area contributed by atoms with Gasteiger partial charge in [-0.05, 0) is 38.5 Å². The molecule has 0 saturated heterocycles. The smallest absolute Gasteiger partial charge is 0.138 e. The van der Waals surface area contributed by atoms with E-state index in [4.69, 9.17) is 4.74 Å². The van der Waals surface area contributed by atoms with Crippen molar-refractivity contribution < 1.29 is 4.74 Å². The molecule has 3 heteroatoms. The fourth-order valence-electron chi connectivity index (χ4n) is 2.68. The van der Waals surface area contributed by atoms with Crippen molar-refractivity contribution in [1.29, 1.82) is 0 Å². The van der Waals surface area contributed by atoms with Crippen LogP contribution in [0.15, 0.2) is 48.9 Å². The molecule has 0 bridgehead atoms. The lowest BCUT2D eigenvalue weighted by Gasteiger charge is -2.10. The van der Waals surface area contributed by atoms with Crippen LogP contribution >= 0.6 is 0 Å². The van der Waals surface area contributed by atoms with Gasteiger partial charge in [0.25, 0.3) is 0 Å². The minimum atomic E-state index is 0.431. The van der Waals surface area contributed by atoms with Gasteiger partial charge < -0.3 is 9.30 Å². The minimum Gasteiger partial charge on any atom is -0.487 e. The average molecular weight is 280 g/mol. The van der Waals surface area contributed by atoms with E-state index in [0.717, 1.165) is 5.75 Å². The fraction of sp³-hybridized carbons (Fsp3) is 0.278. The zero-order valence-electron chi connectivity index (χ0n) is 12.7. The molecule has 3 rings (SSSR count). The number of para-hydroxylation sites is 1. The van der Waals surface area contributed by atoms with E-state index in [9.17, 15) is 0 Å². The highest BCUT2D eigenvalue weighted by Gasteiger charge is 2.12. The molecule has 0 radical (unpaired) electrons. The van der Waals surface area contributed by atoms with Crippen LogP contribution in [0.1, 0.15) is 31.0 Å². The van der Waals surface area contributed by atoms with Gasteiger partial charge in [0.05, 0.1) is 11.7 Å². The highest BCUT2D eigenvalue weighted by atomic mass is 16.5. The van der Waals surface area contributed by atoms with E-state index in [1.54, 1.807) is 12.4 Å². The molecule has 3 nitrogen and oxygen atoms in total. The van der Waals surface area contributed by atoms with E-state index in [1.165, 1.54) is 22.0 Å². The predicted octanol–water partition coefficient (Wildman–Crippen LogP) is 4.50. The van der Waals surface area contributed by atoms with Gasteiger partial charge in [-0.25, -0.2) is 0 Å². The zero-order valence-corrected chi connectivity index (χ0v) is 12.7. The maximum Gasteiger partial charge on any atom is 0.138 e. The van der Waals surface area contributed by atoms with Gasteiger partial charge in [-0.3, -0.25) is 4.98 Å². The third-order valence-electron chi connectivity index (χ3n) is 3.72. The van der Waals surface area contributed by atoms with Crippen LogP contribution in [0.2, 0.25) is 0 Å². The molecular weight excluding hydrogens is 260 g/mol. The number of benzene rings is 1. The molecule has 0 aliphatic rings. The molecule has 0 amide bonds. The molecule has 0 aliphatic heterocycles. The van der Waals surface area contributed by atoms with Crippen LogP contribution in [0.4, 0.5) is 0 Å². The molecule has 2 heterocycles. The number of pyridine rings is 1. The Morgan fingerprint density at radius 2 is 2.05 bits per heavy atom. The fourth-order valence-corrected chi connectivity index (χ4v) is 2.68. The number of hydrogen-bond donors (Lipinski definition) is 0. The van der Waals surface area contributed by atoms with Gasteiger partial charge in [-0.2, -0.15) is 0 Å². The highest BCUT2D eigenvalue weighted by molar-refractivity contribution is 5.86. The summed E-state index contributed by atoms with van der Waals surface area (Å²) in [6.45, 7) is 7.13. The standard InChI is InChI=1S/C18H20N2O/c1-13(2)20-11-15(12-21-16-7-5-9-19-10-16)17-8-4-6-14(3)18(17)20/h4-11,13H,12H2,1-3H3. The maximum absolute atomic E-state index is 5.86. The Labute approximate surface area is 125 Å². The summed E-state index contributed by atoms with van der Waals surface area (Å²) in [5.74, 6) is 0.801. The Kier molecular flexibility index (Phi) is 3.65. The lowest BCUT2D eigenvalue weighted by molar-refractivity contribution is 0.306. The summed E-state index contributed by atoms with van der Waals surface area (Å²) in [6.07, 6.45) is 5.70. The second-order valence-electron chi connectivity index (χ2n) is 5.60. The van der Waals surface area contributed by atoms with Gasteiger partial charge >= 0.3 is 0 Å². The van der Waals surface area contributed by atoms with Gasteiger partial charge in [0.1, 0.15) is 12.4 Å². The first-order chi connectivity index (χ1) is 10.2. The molecule has 0 saturated carbocycles. The van der Waals surface area contributed by atoms with E-state index < -0.39 is 0 Å². The minimum absolute atomic E-state index is 0.431. The Balaban J connectivity index is 1.97. The summed E-state index contributed by atoms with van der Waals surface area (Å²) in [5, 5.41) is 1.27. The normalized spacial score (nSPS) is 11.2. The number of nitrogens with zero attached hydrogens (tertiary/aromatic N) is 2. The number of rotatable bonds is 4. The maximum atomic E-state index is 5.86. The number of hydrogen-bond acceptors (Lipinski definition) is 2. The van der Waals surface area contributed by atoms with Gasteiger partial charge in [0, 0.05) is 29.4 Å². The highest BCUT2D eigenvalue weighted by Crippen LogP contribution is 2.28. The van der Waals surface area contributed by atoms with Gasteiger partial charge in [0.2, 0.25) is 0 Å². The van der Waals surface area contributed by atoms with Gasteiger partial charge in [0.15, 0.2) is 0 Å². The summed E-state index contributed by atoms with van der Waals surface area (Å²) in [4.78, 5) is 4.08. The first-order valence-corrected chi connectivity index (χ1v) is 7.28. The number of fused-ring (bicyclic) bond motifs is 1. The first-order valence-electron chi connectivity index (χ1n) is 7.28. The van der Waals surface area contributed by atoms with Crippen molar-refractivity contribution in [3.8, 4) is 5.75 Å². The molecule has 108 valence electrons. The number of aryl methyl sites for hydroxylation is 1. The Morgan fingerprint density at radius 3 is 2.76 bits per heavy atom. The van der Waals surface area contributed by atoms with Crippen LogP contribution in [0.5, 0.6) is 5.75 Å². The molecule has 3 aromatic rings. The zero-order chi connectivity index (χ0) is 14.8. The summed E-state index contributed by atoms with van der Waals surface area (Å²) < 4.78 is 8.18. The summed E-state index contributed by atoms with van der Waals surface area (Å²) in [7, 11) is 0. The molecule has 0 spiro atoms. The average Bonchev–Trinajstić information content (AvgIpc) is 2.87. The van der Waals surface area contributed by atoms with E-state index in [0.29, 0.717) is 12.6 Å². The van der Waals surface area contributed by atoms with Crippen LogP contribution in [0.25, 0.3) is 10.9 Å². The van der Waals surface area contributed by atoms with Crippen LogP contribution in [0.3, 0.4) is 0 Å². The van der Waals surface area contributed by atoms with Crippen molar-refractivity contribution in [3.05, 3.63) is 60.0 Å². The third kappa shape index (κ3) is 2.64. The lowest BCUT2D eigenvalue weighted by Crippen LogP contribution is -1.99. The molecule has 2 aromatic heterocycles. The van der Waals surface area contributed by atoms with Crippen LogP contribution in [0, 0.1) is 6.92 Å². The van der Waals surface area contributed by atoms with Crippen molar-refractivity contribution in [2.24, 2.45) is 0 Å². The van der Waals surface area contributed by atoms with E-state index >= 15 is 0 Å². The van der Waals surface area contributed by atoms with Crippen molar-refractivity contribution in [2.75, 3.05) is 0 Å². The van der Waals surface area contributed by atoms with Crippen LogP contribution in [-0.2, 0) is 6.61 Å². The lowest BCUT2D eigenvalue weighted by atomic mass is 10.1. The molecule has 1 aromatic carbocycles. The number of ether oxygens (including phenoxy) is 1. The molecule has 0 aliphatic carbocycles. The summed E-state index contributed by atoms with van der Waals surface area (Å²) >= 11 is 0. The van der Waals surface area contributed by atoms with Crippen molar-refractivity contribution in [2.45, 2.75) is 33.4 Å². The van der Waals surface area contributed by atoms with Crippen molar-refractivity contribution >= 4 is 10.9 Å². The Hall–Kier alpha value is -2.29. The predicted molar refractivity (Wildman–Crippen MR) is 85.6 cm³/mol. The molecule has 0 atom stereocenters.